The monoisotopic (exact) mass is 271 g/mol. The van der Waals surface area contributed by atoms with Gasteiger partial charge in [0.05, 0.1) is 6.21 Å². The zero-order valence-corrected chi connectivity index (χ0v) is 11.7. The van der Waals surface area contributed by atoms with Crippen LogP contribution in [0.3, 0.4) is 0 Å². The Bertz CT molecular complexity index is 610. The van der Waals surface area contributed by atoms with Gasteiger partial charge in [0, 0.05) is 29.1 Å². The van der Waals surface area contributed by atoms with Crippen LogP contribution in [0.15, 0.2) is 35.7 Å². The lowest BCUT2D eigenvalue weighted by atomic mass is 9.92. The van der Waals surface area contributed by atoms with Crippen molar-refractivity contribution in [3.05, 3.63) is 47.5 Å². The highest BCUT2D eigenvalue weighted by molar-refractivity contribution is 5.93. The Morgan fingerprint density at radius 3 is 2.85 bits per heavy atom. The van der Waals surface area contributed by atoms with Crippen LogP contribution < -0.4 is 5.43 Å². The molecule has 2 aromatic heterocycles. The number of carbonyl (C=O) groups is 1. The highest BCUT2D eigenvalue weighted by Gasteiger charge is 2.18. The molecule has 0 saturated heterocycles. The molecule has 0 aliphatic carbocycles. The topological polar surface area (TPSA) is 83.0 Å². The van der Waals surface area contributed by atoms with E-state index in [1.54, 1.807) is 24.5 Å². The minimum absolute atomic E-state index is 0.0789. The molecule has 0 saturated carbocycles. The Morgan fingerprint density at radius 2 is 2.25 bits per heavy atom. The average molecular weight is 271 g/mol. The fourth-order valence-electron chi connectivity index (χ4n) is 1.50. The van der Waals surface area contributed by atoms with Crippen LogP contribution in [-0.4, -0.2) is 27.3 Å². The van der Waals surface area contributed by atoms with E-state index in [1.807, 2.05) is 26.8 Å². The van der Waals surface area contributed by atoms with E-state index in [0.717, 1.165) is 11.3 Å². The lowest BCUT2D eigenvalue weighted by molar-refractivity contribution is 0.0950. The second kappa shape index (κ2) is 5.64. The van der Waals surface area contributed by atoms with Gasteiger partial charge in [-0.05, 0) is 12.1 Å². The first-order chi connectivity index (χ1) is 9.47. The Labute approximate surface area is 117 Å². The lowest BCUT2D eigenvalue weighted by Crippen LogP contribution is -2.18. The Hall–Kier alpha value is -2.50. The van der Waals surface area contributed by atoms with Gasteiger partial charge in [0.1, 0.15) is 0 Å². The highest BCUT2D eigenvalue weighted by atomic mass is 16.2. The number of hydrazone groups is 1. The lowest BCUT2D eigenvalue weighted by Gasteiger charge is -2.14. The molecule has 0 bridgehead atoms. The molecule has 20 heavy (non-hydrogen) atoms. The molecule has 0 unspecified atom stereocenters. The summed E-state index contributed by atoms with van der Waals surface area (Å²) in [7, 11) is 0. The number of rotatable bonds is 3. The number of aromatic amines is 1. The minimum atomic E-state index is -0.350. The molecule has 104 valence electrons. The molecule has 0 fully saturated rings. The molecule has 0 aromatic carbocycles. The van der Waals surface area contributed by atoms with Crippen molar-refractivity contribution in [1.29, 1.82) is 0 Å². The summed E-state index contributed by atoms with van der Waals surface area (Å²) in [6, 6.07) is 5.37. The van der Waals surface area contributed by atoms with Gasteiger partial charge in [-0.3, -0.25) is 14.9 Å². The van der Waals surface area contributed by atoms with Gasteiger partial charge in [-0.25, -0.2) is 5.43 Å². The number of nitrogens with one attached hydrogen (secondary N) is 2. The second-order valence-electron chi connectivity index (χ2n) is 5.40. The minimum Gasteiger partial charge on any atom is -0.281 e. The molecule has 1 amide bonds. The maximum atomic E-state index is 11.9. The third kappa shape index (κ3) is 3.50. The first-order valence-electron chi connectivity index (χ1n) is 6.26. The predicted molar refractivity (Wildman–Crippen MR) is 76.6 cm³/mol. The molecule has 2 rings (SSSR count). The normalized spacial score (nSPS) is 11.8. The summed E-state index contributed by atoms with van der Waals surface area (Å²) in [5.41, 5.74) is 4.38. The van der Waals surface area contributed by atoms with Crippen molar-refractivity contribution < 1.29 is 4.79 Å². The van der Waals surface area contributed by atoms with E-state index >= 15 is 0 Å². The summed E-state index contributed by atoms with van der Waals surface area (Å²) in [6.07, 6.45) is 4.86. The molecule has 2 N–H and O–H groups in total. The Morgan fingerprint density at radius 1 is 1.45 bits per heavy atom. The first-order valence-corrected chi connectivity index (χ1v) is 6.26. The molecular weight excluding hydrogens is 254 g/mol. The van der Waals surface area contributed by atoms with Crippen LogP contribution in [0.5, 0.6) is 0 Å². The van der Waals surface area contributed by atoms with Gasteiger partial charge in [-0.2, -0.15) is 10.2 Å². The number of carbonyl (C=O) groups excluding carboxylic acids is 1. The maximum absolute atomic E-state index is 11.9. The van der Waals surface area contributed by atoms with Gasteiger partial charge in [0.15, 0.2) is 5.69 Å². The van der Waals surface area contributed by atoms with E-state index in [2.05, 4.69) is 25.7 Å². The molecule has 0 atom stereocenters. The van der Waals surface area contributed by atoms with Crippen LogP contribution in [0.1, 0.15) is 42.5 Å². The molecule has 0 spiro atoms. The number of nitrogens with zero attached hydrogens (tertiary/aromatic N) is 3. The van der Waals surface area contributed by atoms with Gasteiger partial charge in [-0.1, -0.05) is 26.8 Å². The van der Waals surface area contributed by atoms with Crippen LogP contribution in [-0.2, 0) is 5.41 Å². The molecule has 6 nitrogen and oxygen atoms in total. The number of H-pyrrole nitrogens is 1. The second-order valence-corrected chi connectivity index (χ2v) is 5.40. The van der Waals surface area contributed by atoms with Gasteiger partial charge in [-0.15, -0.1) is 0 Å². The van der Waals surface area contributed by atoms with Crippen molar-refractivity contribution in [2.75, 3.05) is 0 Å². The maximum Gasteiger partial charge on any atom is 0.291 e. The van der Waals surface area contributed by atoms with Crippen LogP contribution in [0, 0.1) is 0 Å². The Balaban J connectivity index is 1.99. The van der Waals surface area contributed by atoms with Crippen molar-refractivity contribution in [1.82, 2.24) is 20.6 Å². The first kappa shape index (κ1) is 13.9. The third-order valence-corrected chi connectivity index (χ3v) is 2.68. The zero-order chi connectivity index (χ0) is 14.6. The van der Waals surface area contributed by atoms with Gasteiger partial charge >= 0.3 is 0 Å². The van der Waals surface area contributed by atoms with Crippen molar-refractivity contribution >= 4 is 12.1 Å². The van der Waals surface area contributed by atoms with E-state index in [9.17, 15) is 4.79 Å². The summed E-state index contributed by atoms with van der Waals surface area (Å²) in [5, 5.41) is 10.7. The van der Waals surface area contributed by atoms with Crippen LogP contribution in [0.25, 0.3) is 0 Å². The standard InChI is InChI=1S/C14H17N5O/c1-14(2,3)12-7-11(17-18-12)13(20)19-16-9-10-5-4-6-15-8-10/h4-9H,1-3H3,(H,17,18)(H,19,20). The third-order valence-electron chi connectivity index (χ3n) is 2.68. The molecule has 0 radical (unpaired) electrons. The fraction of sp³-hybridized carbons (Fsp3) is 0.286. The van der Waals surface area contributed by atoms with Crippen LogP contribution >= 0.6 is 0 Å². The summed E-state index contributed by atoms with van der Waals surface area (Å²) in [6.45, 7) is 6.13. The van der Waals surface area contributed by atoms with E-state index < -0.39 is 0 Å². The molecule has 0 aliphatic rings. The number of hydrogen-bond acceptors (Lipinski definition) is 4. The van der Waals surface area contributed by atoms with Gasteiger partial charge in [0.2, 0.25) is 0 Å². The van der Waals surface area contributed by atoms with E-state index in [0.29, 0.717) is 5.69 Å². The number of aromatic nitrogens is 3. The molecule has 2 heterocycles. The summed E-state index contributed by atoms with van der Waals surface area (Å²) < 4.78 is 0. The molecule has 6 heteroatoms. The van der Waals surface area contributed by atoms with Crippen molar-refractivity contribution in [3.63, 3.8) is 0 Å². The summed E-state index contributed by atoms with van der Waals surface area (Å²) >= 11 is 0. The predicted octanol–water partition coefficient (Wildman–Crippen LogP) is 1.87. The zero-order valence-electron chi connectivity index (χ0n) is 11.7. The molecule has 2 aromatic rings. The number of pyridine rings is 1. The van der Waals surface area contributed by atoms with Gasteiger partial charge in [0.25, 0.3) is 5.91 Å². The average Bonchev–Trinajstić information content (AvgIpc) is 2.89. The number of amides is 1. The molecular formula is C14H17N5O. The quantitative estimate of drug-likeness (QED) is 0.660. The van der Waals surface area contributed by atoms with Crippen LogP contribution in [0.4, 0.5) is 0 Å². The highest BCUT2D eigenvalue weighted by Crippen LogP contribution is 2.20. The fourth-order valence-corrected chi connectivity index (χ4v) is 1.50. The summed E-state index contributed by atoms with van der Waals surface area (Å²) in [5.74, 6) is -0.350. The van der Waals surface area contributed by atoms with Crippen molar-refractivity contribution in [2.24, 2.45) is 5.10 Å². The van der Waals surface area contributed by atoms with E-state index in [4.69, 9.17) is 0 Å². The van der Waals surface area contributed by atoms with Crippen molar-refractivity contribution in [2.45, 2.75) is 26.2 Å². The Kier molecular flexibility index (Phi) is 3.93. The SMILES string of the molecule is CC(C)(C)c1cc(C(=O)NN=Cc2cccnc2)n[nH]1. The molecule has 0 aliphatic heterocycles. The van der Waals surface area contributed by atoms with Gasteiger partial charge < -0.3 is 0 Å². The van der Waals surface area contributed by atoms with Crippen molar-refractivity contribution in [3.8, 4) is 0 Å². The summed E-state index contributed by atoms with van der Waals surface area (Å²) in [4.78, 5) is 15.8. The smallest absolute Gasteiger partial charge is 0.281 e. The van der Waals surface area contributed by atoms with E-state index in [-0.39, 0.29) is 11.3 Å². The van der Waals surface area contributed by atoms with E-state index in [1.165, 1.54) is 6.21 Å². The van der Waals surface area contributed by atoms with Crippen LogP contribution in [0.2, 0.25) is 0 Å². The number of hydrogen-bond donors (Lipinski definition) is 2. The largest absolute Gasteiger partial charge is 0.291 e.